The number of aliphatic hydroxyl groups excluding tert-OH is 1. The molecule has 1 saturated carbocycles. The third-order valence-electron chi connectivity index (χ3n) is 3.90. The van der Waals surface area contributed by atoms with Crippen LogP contribution in [0.25, 0.3) is 0 Å². The lowest BCUT2D eigenvalue weighted by Gasteiger charge is -2.31. The van der Waals surface area contributed by atoms with Crippen molar-refractivity contribution in [3.8, 4) is 0 Å². The van der Waals surface area contributed by atoms with Gasteiger partial charge in [0.15, 0.2) is 0 Å². The molecule has 0 aliphatic heterocycles. The maximum atomic E-state index is 9.73. The first-order valence-electron chi connectivity index (χ1n) is 7.54. The van der Waals surface area contributed by atoms with Gasteiger partial charge in [-0.05, 0) is 37.5 Å². The van der Waals surface area contributed by atoms with Gasteiger partial charge in [-0.3, -0.25) is 0 Å². The van der Waals surface area contributed by atoms with E-state index in [1.54, 1.807) is 0 Å². The van der Waals surface area contributed by atoms with E-state index in [-0.39, 0.29) is 6.10 Å². The molecule has 1 fully saturated rings. The SMILES string of the molecule is CCOCC(O)CNCC1(CC(C)C)CCCC1. The van der Waals surface area contributed by atoms with Crippen LogP contribution in [-0.4, -0.2) is 37.5 Å². The molecular formula is C15H31NO2. The Balaban J connectivity index is 2.25. The Hall–Kier alpha value is -0.120. The number of aliphatic hydroxyl groups is 1. The highest BCUT2D eigenvalue weighted by atomic mass is 16.5. The summed E-state index contributed by atoms with van der Waals surface area (Å²) in [6, 6.07) is 0. The largest absolute Gasteiger partial charge is 0.389 e. The maximum absolute atomic E-state index is 9.73. The average molecular weight is 257 g/mol. The van der Waals surface area contributed by atoms with Crippen molar-refractivity contribution in [3.05, 3.63) is 0 Å². The van der Waals surface area contributed by atoms with Crippen LogP contribution in [0.3, 0.4) is 0 Å². The van der Waals surface area contributed by atoms with Gasteiger partial charge in [-0.25, -0.2) is 0 Å². The minimum absolute atomic E-state index is 0.373. The fourth-order valence-electron chi connectivity index (χ4n) is 3.26. The topological polar surface area (TPSA) is 41.5 Å². The number of ether oxygens (including phenoxy) is 1. The van der Waals surface area contributed by atoms with Crippen molar-refractivity contribution in [2.45, 2.75) is 59.0 Å². The van der Waals surface area contributed by atoms with Gasteiger partial charge in [0.05, 0.1) is 12.7 Å². The molecule has 0 saturated heterocycles. The van der Waals surface area contributed by atoms with Gasteiger partial charge in [-0.15, -0.1) is 0 Å². The van der Waals surface area contributed by atoms with Gasteiger partial charge in [-0.1, -0.05) is 26.7 Å². The van der Waals surface area contributed by atoms with E-state index in [0.717, 1.165) is 12.5 Å². The Kier molecular flexibility index (Phi) is 7.20. The second-order valence-electron chi connectivity index (χ2n) is 6.25. The van der Waals surface area contributed by atoms with Gasteiger partial charge in [-0.2, -0.15) is 0 Å². The average Bonchev–Trinajstić information content (AvgIpc) is 2.74. The number of hydrogen-bond donors (Lipinski definition) is 2. The summed E-state index contributed by atoms with van der Waals surface area (Å²) in [4.78, 5) is 0. The normalized spacial score (nSPS) is 20.5. The molecule has 3 nitrogen and oxygen atoms in total. The smallest absolute Gasteiger partial charge is 0.0897 e. The van der Waals surface area contributed by atoms with Crippen LogP contribution in [0.1, 0.15) is 52.9 Å². The Morgan fingerprint density at radius 2 is 1.94 bits per heavy atom. The molecule has 1 atom stereocenters. The summed E-state index contributed by atoms with van der Waals surface area (Å²) in [6.45, 7) is 9.40. The Morgan fingerprint density at radius 1 is 1.28 bits per heavy atom. The van der Waals surface area contributed by atoms with Crippen LogP contribution < -0.4 is 5.32 Å². The number of nitrogens with one attached hydrogen (secondary N) is 1. The summed E-state index contributed by atoms with van der Waals surface area (Å²) in [5, 5.41) is 13.2. The van der Waals surface area contributed by atoms with E-state index in [0.29, 0.717) is 25.2 Å². The van der Waals surface area contributed by atoms with Crippen molar-refractivity contribution in [2.75, 3.05) is 26.3 Å². The minimum Gasteiger partial charge on any atom is -0.389 e. The van der Waals surface area contributed by atoms with Crippen molar-refractivity contribution < 1.29 is 9.84 Å². The Morgan fingerprint density at radius 3 is 2.50 bits per heavy atom. The highest BCUT2D eigenvalue weighted by Gasteiger charge is 2.33. The lowest BCUT2D eigenvalue weighted by molar-refractivity contribution is 0.0408. The van der Waals surface area contributed by atoms with E-state index >= 15 is 0 Å². The lowest BCUT2D eigenvalue weighted by atomic mass is 9.78. The van der Waals surface area contributed by atoms with Gasteiger partial charge < -0.3 is 15.2 Å². The number of rotatable bonds is 9. The summed E-state index contributed by atoms with van der Waals surface area (Å²) in [7, 11) is 0. The molecule has 0 aromatic rings. The molecule has 1 aliphatic rings. The van der Waals surface area contributed by atoms with Crippen molar-refractivity contribution in [3.63, 3.8) is 0 Å². The van der Waals surface area contributed by atoms with E-state index in [1.807, 2.05) is 6.92 Å². The van der Waals surface area contributed by atoms with Crippen LogP contribution in [0, 0.1) is 11.3 Å². The van der Waals surface area contributed by atoms with Crippen LogP contribution in [0.15, 0.2) is 0 Å². The molecule has 3 heteroatoms. The van der Waals surface area contributed by atoms with Gasteiger partial charge in [0, 0.05) is 19.7 Å². The highest BCUT2D eigenvalue weighted by Crippen LogP contribution is 2.42. The molecule has 0 bridgehead atoms. The molecule has 0 radical (unpaired) electrons. The molecule has 1 aliphatic carbocycles. The molecule has 108 valence electrons. The van der Waals surface area contributed by atoms with Crippen molar-refractivity contribution in [1.29, 1.82) is 0 Å². The summed E-state index contributed by atoms with van der Waals surface area (Å²) in [5.41, 5.74) is 0.486. The van der Waals surface area contributed by atoms with Crippen LogP contribution in [0.2, 0.25) is 0 Å². The summed E-state index contributed by atoms with van der Waals surface area (Å²) < 4.78 is 5.22. The molecular weight excluding hydrogens is 226 g/mol. The maximum Gasteiger partial charge on any atom is 0.0897 e. The quantitative estimate of drug-likeness (QED) is 0.667. The third kappa shape index (κ3) is 5.68. The van der Waals surface area contributed by atoms with Gasteiger partial charge in [0.1, 0.15) is 0 Å². The first-order chi connectivity index (χ1) is 8.58. The van der Waals surface area contributed by atoms with Crippen LogP contribution in [0.5, 0.6) is 0 Å². The highest BCUT2D eigenvalue weighted by molar-refractivity contribution is 4.87. The predicted octanol–water partition coefficient (Wildman–Crippen LogP) is 2.58. The van der Waals surface area contributed by atoms with Gasteiger partial charge in [0.2, 0.25) is 0 Å². The zero-order valence-corrected chi connectivity index (χ0v) is 12.4. The lowest BCUT2D eigenvalue weighted by Crippen LogP contribution is -2.38. The van der Waals surface area contributed by atoms with E-state index in [9.17, 15) is 5.11 Å². The van der Waals surface area contributed by atoms with E-state index in [4.69, 9.17) is 4.74 Å². The van der Waals surface area contributed by atoms with Crippen LogP contribution in [0.4, 0.5) is 0 Å². The van der Waals surface area contributed by atoms with E-state index in [1.165, 1.54) is 32.1 Å². The Labute approximate surface area is 112 Å². The van der Waals surface area contributed by atoms with Crippen molar-refractivity contribution >= 4 is 0 Å². The monoisotopic (exact) mass is 257 g/mol. The molecule has 0 aromatic heterocycles. The fraction of sp³-hybridized carbons (Fsp3) is 1.00. The standard InChI is InChI=1S/C15H31NO2/c1-4-18-11-14(17)10-16-12-15(9-13(2)3)7-5-6-8-15/h13-14,16-17H,4-12H2,1-3H3. The van der Waals surface area contributed by atoms with Gasteiger partial charge >= 0.3 is 0 Å². The molecule has 2 N–H and O–H groups in total. The number of hydrogen-bond acceptors (Lipinski definition) is 3. The van der Waals surface area contributed by atoms with Crippen LogP contribution >= 0.6 is 0 Å². The molecule has 0 aromatic carbocycles. The second kappa shape index (κ2) is 8.13. The van der Waals surface area contributed by atoms with Crippen LogP contribution in [-0.2, 0) is 4.74 Å². The zero-order valence-electron chi connectivity index (χ0n) is 12.4. The van der Waals surface area contributed by atoms with Gasteiger partial charge in [0.25, 0.3) is 0 Å². The third-order valence-corrected chi connectivity index (χ3v) is 3.90. The first kappa shape index (κ1) is 15.9. The summed E-state index contributed by atoms with van der Waals surface area (Å²) in [5.74, 6) is 0.762. The molecule has 0 heterocycles. The predicted molar refractivity (Wildman–Crippen MR) is 75.7 cm³/mol. The molecule has 18 heavy (non-hydrogen) atoms. The fourth-order valence-corrected chi connectivity index (χ4v) is 3.26. The zero-order chi connectivity index (χ0) is 13.4. The summed E-state index contributed by atoms with van der Waals surface area (Å²) in [6.07, 6.45) is 6.37. The Bertz CT molecular complexity index is 213. The van der Waals surface area contributed by atoms with E-state index in [2.05, 4.69) is 19.2 Å². The molecule has 1 rings (SSSR count). The minimum atomic E-state index is -0.373. The molecule has 0 amide bonds. The first-order valence-corrected chi connectivity index (χ1v) is 7.54. The molecule has 1 unspecified atom stereocenters. The van der Waals surface area contributed by atoms with Crippen molar-refractivity contribution in [2.24, 2.45) is 11.3 Å². The summed E-state index contributed by atoms with van der Waals surface area (Å²) >= 11 is 0. The molecule has 0 spiro atoms. The van der Waals surface area contributed by atoms with E-state index < -0.39 is 0 Å². The van der Waals surface area contributed by atoms with Crippen molar-refractivity contribution in [1.82, 2.24) is 5.32 Å². The second-order valence-corrected chi connectivity index (χ2v) is 6.25.